The largest absolute Gasteiger partial charge is 0.491 e. The second-order valence-corrected chi connectivity index (χ2v) is 7.64. The van der Waals surface area contributed by atoms with Crippen molar-refractivity contribution < 1.29 is 4.74 Å². The monoisotopic (exact) mass is 402 g/mol. The van der Waals surface area contributed by atoms with Gasteiger partial charge in [0.25, 0.3) is 5.56 Å². The van der Waals surface area contributed by atoms with Gasteiger partial charge in [0.1, 0.15) is 29.7 Å². The number of hydrogen-bond donors (Lipinski definition) is 1. The molecule has 0 aliphatic carbocycles. The zero-order valence-electron chi connectivity index (χ0n) is 17.1. The van der Waals surface area contributed by atoms with Gasteiger partial charge in [-0.3, -0.25) is 4.79 Å². The van der Waals surface area contributed by atoms with E-state index < -0.39 is 0 Å². The van der Waals surface area contributed by atoms with Crippen LogP contribution >= 0.6 is 0 Å². The summed E-state index contributed by atoms with van der Waals surface area (Å²) < 4.78 is 9.92. The van der Waals surface area contributed by atoms with Gasteiger partial charge in [0.2, 0.25) is 0 Å². The van der Waals surface area contributed by atoms with Crippen molar-refractivity contribution in [1.29, 1.82) is 0 Å². The number of pyridine rings is 1. The van der Waals surface area contributed by atoms with Crippen molar-refractivity contribution in [2.75, 3.05) is 6.61 Å². The van der Waals surface area contributed by atoms with E-state index in [0.29, 0.717) is 18.7 Å². The molecule has 0 spiro atoms. The standard InChI is InChI=1S/C22H22N6O2/c1-13(2)28-21(24-14(3)26-28)18-12-27-9-10-30-19-7-6-15(11-17(19)20(27)25-18)16-5-4-8-23-22(16)29/h4-8,11-13H,9-10H2,1-3H3,(H,23,29). The summed E-state index contributed by atoms with van der Waals surface area (Å²) in [6.45, 7) is 7.25. The van der Waals surface area contributed by atoms with Crippen LogP contribution in [0.25, 0.3) is 34.0 Å². The number of aryl methyl sites for hydroxylation is 1. The maximum atomic E-state index is 12.3. The summed E-state index contributed by atoms with van der Waals surface area (Å²) >= 11 is 0. The Morgan fingerprint density at radius 1 is 1.13 bits per heavy atom. The van der Waals surface area contributed by atoms with Crippen molar-refractivity contribution in [3.8, 4) is 39.8 Å². The van der Waals surface area contributed by atoms with Gasteiger partial charge in [-0.15, -0.1) is 0 Å². The molecule has 0 amide bonds. The van der Waals surface area contributed by atoms with Gasteiger partial charge >= 0.3 is 0 Å². The van der Waals surface area contributed by atoms with Gasteiger partial charge in [-0.1, -0.05) is 6.07 Å². The Morgan fingerprint density at radius 2 is 2.00 bits per heavy atom. The molecule has 8 heteroatoms. The lowest BCUT2D eigenvalue weighted by molar-refractivity contribution is 0.306. The Morgan fingerprint density at radius 3 is 2.80 bits per heavy atom. The molecule has 8 nitrogen and oxygen atoms in total. The highest BCUT2D eigenvalue weighted by molar-refractivity contribution is 5.76. The van der Waals surface area contributed by atoms with Crippen molar-refractivity contribution in [2.24, 2.45) is 0 Å². The van der Waals surface area contributed by atoms with E-state index in [2.05, 4.69) is 33.5 Å². The molecule has 1 aliphatic rings. The van der Waals surface area contributed by atoms with E-state index in [9.17, 15) is 4.79 Å². The molecule has 0 radical (unpaired) electrons. The van der Waals surface area contributed by atoms with Gasteiger partial charge in [-0.2, -0.15) is 5.10 Å². The van der Waals surface area contributed by atoms with E-state index in [1.807, 2.05) is 48.1 Å². The van der Waals surface area contributed by atoms with Crippen LogP contribution in [0, 0.1) is 6.92 Å². The highest BCUT2D eigenvalue weighted by Crippen LogP contribution is 2.36. The first kappa shape index (κ1) is 18.4. The third kappa shape index (κ3) is 3.01. The molecule has 152 valence electrons. The summed E-state index contributed by atoms with van der Waals surface area (Å²) in [7, 11) is 0. The number of ether oxygens (including phenoxy) is 1. The van der Waals surface area contributed by atoms with Crippen LogP contribution in [0.2, 0.25) is 0 Å². The van der Waals surface area contributed by atoms with Gasteiger partial charge in [-0.05, 0) is 50.6 Å². The van der Waals surface area contributed by atoms with Crippen LogP contribution in [-0.4, -0.2) is 35.9 Å². The van der Waals surface area contributed by atoms with Crippen LogP contribution in [0.4, 0.5) is 0 Å². The molecule has 0 saturated carbocycles. The first-order chi connectivity index (χ1) is 14.5. The second-order valence-electron chi connectivity index (χ2n) is 7.64. The Hall–Kier alpha value is -3.68. The molecule has 0 fully saturated rings. The summed E-state index contributed by atoms with van der Waals surface area (Å²) in [5, 5.41) is 4.51. The number of aromatic nitrogens is 6. The van der Waals surface area contributed by atoms with Crippen molar-refractivity contribution in [3.05, 3.63) is 58.9 Å². The lowest BCUT2D eigenvalue weighted by Gasteiger charge is -2.09. The average Bonchev–Trinajstić information content (AvgIpc) is 3.28. The SMILES string of the molecule is Cc1nc(-c2cn3c(n2)-c2cc(-c4ccc[nH]c4=O)ccc2OCC3)n(C(C)C)n1. The van der Waals surface area contributed by atoms with Crippen LogP contribution in [0.15, 0.2) is 47.5 Å². The summed E-state index contributed by atoms with van der Waals surface area (Å²) in [6, 6.07) is 9.58. The van der Waals surface area contributed by atoms with E-state index >= 15 is 0 Å². The molecule has 1 aromatic carbocycles. The predicted molar refractivity (Wildman–Crippen MR) is 113 cm³/mol. The Labute approximate surface area is 173 Å². The molecule has 0 saturated heterocycles. The molecule has 30 heavy (non-hydrogen) atoms. The van der Waals surface area contributed by atoms with E-state index in [0.717, 1.165) is 40.0 Å². The predicted octanol–water partition coefficient (Wildman–Crippen LogP) is 3.45. The number of imidazole rings is 1. The van der Waals surface area contributed by atoms with E-state index in [1.54, 1.807) is 6.20 Å². The van der Waals surface area contributed by atoms with Crippen LogP contribution in [0.5, 0.6) is 5.75 Å². The summed E-state index contributed by atoms with van der Waals surface area (Å²) in [6.07, 6.45) is 3.63. The van der Waals surface area contributed by atoms with Crippen molar-refractivity contribution >= 4 is 0 Å². The number of fused-ring (bicyclic) bond motifs is 3. The fourth-order valence-electron chi connectivity index (χ4n) is 3.77. The number of rotatable bonds is 3. The molecule has 0 atom stereocenters. The third-order valence-electron chi connectivity index (χ3n) is 5.17. The fourth-order valence-corrected chi connectivity index (χ4v) is 3.77. The van der Waals surface area contributed by atoms with E-state index in [4.69, 9.17) is 9.72 Å². The van der Waals surface area contributed by atoms with Gasteiger partial charge < -0.3 is 14.3 Å². The van der Waals surface area contributed by atoms with Gasteiger partial charge in [0.05, 0.1) is 12.1 Å². The number of benzene rings is 1. The molecule has 5 rings (SSSR count). The minimum absolute atomic E-state index is 0.128. The Kier molecular flexibility index (Phi) is 4.27. The summed E-state index contributed by atoms with van der Waals surface area (Å²) in [5.41, 5.74) is 2.93. The van der Waals surface area contributed by atoms with Crippen LogP contribution in [-0.2, 0) is 6.54 Å². The molecule has 4 aromatic rings. The third-order valence-corrected chi connectivity index (χ3v) is 5.17. The first-order valence-corrected chi connectivity index (χ1v) is 9.97. The summed E-state index contributed by atoms with van der Waals surface area (Å²) in [4.78, 5) is 24.5. The Balaban J connectivity index is 1.67. The Bertz CT molecular complexity index is 1300. The van der Waals surface area contributed by atoms with Gasteiger partial charge in [-0.25, -0.2) is 14.6 Å². The molecule has 1 aliphatic heterocycles. The number of nitrogens with zero attached hydrogens (tertiary/aromatic N) is 5. The van der Waals surface area contributed by atoms with Crippen LogP contribution in [0.1, 0.15) is 25.7 Å². The van der Waals surface area contributed by atoms with E-state index in [1.165, 1.54) is 0 Å². The number of hydrogen-bond acceptors (Lipinski definition) is 5. The quantitative estimate of drug-likeness (QED) is 0.567. The van der Waals surface area contributed by atoms with Crippen molar-refractivity contribution in [2.45, 2.75) is 33.4 Å². The first-order valence-electron chi connectivity index (χ1n) is 9.97. The molecular formula is C22H22N6O2. The molecule has 1 N–H and O–H groups in total. The number of aromatic amines is 1. The zero-order chi connectivity index (χ0) is 20.8. The van der Waals surface area contributed by atoms with Gasteiger partial charge in [0.15, 0.2) is 5.82 Å². The number of nitrogens with one attached hydrogen (secondary N) is 1. The van der Waals surface area contributed by atoms with E-state index in [-0.39, 0.29) is 11.6 Å². The lowest BCUT2D eigenvalue weighted by Crippen LogP contribution is -2.07. The molecule has 0 bridgehead atoms. The maximum Gasteiger partial charge on any atom is 0.255 e. The lowest BCUT2D eigenvalue weighted by atomic mass is 10.0. The van der Waals surface area contributed by atoms with Gasteiger partial charge in [0, 0.05) is 24.0 Å². The smallest absolute Gasteiger partial charge is 0.255 e. The number of H-pyrrole nitrogens is 1. The highest BCUT2D eigenvalue weighted by Gasteiger charge is 2.23. The van der Waals surface area contributed by atoms with Crippen molar-refractivity contribution in [3.63, 3.8) is 0 Å². The molecule has 3 aromatic heterocycles. The summed E-state index contributed by atoms with van der Waals surface area (Å²) in [5.74, 6) is 3.02. The van der Waals surface area contributed by atoms with Crippen molar-refractivity contribution in [1.82, 2.24) is 29.3 Å². The highest BCUT2D eigenvalue weighted by atomic mass is 16.5. The topological polar surface area (TPSA) is 90.6 Å². The van der Waals surface area contributed by atoms with Crippen LogP contribution < -0.4 is 10.3 Å². The minimum Gasteiger partial charge on any atom is -0.491 e. The zero-order valence-corrected chi connectivity index (χ0v) is 17.1. The normalized spacial score (nSPS) is 12.9. The average molecular weight is 402 g/mol. The fraction of sp³-hybridized carbons (Fsp3) is 0.273. The maximum absolute atomic E-state index is 12.3. The molecule has 0 unspecified atom stereocenters. The minimum atomic E-state index is -0.128. The van der Waals surface area contributed by atoms with Crippen LogP contribution in [0.3, 0.4) is 0 Å². The second kappa shape index (κ2) is 6.98. The molecular weight excluding hydrogens is 380 g/mol. The molecule has 4 heterocycles.